The van der Waals surface area contributed by atoms with Gasteiger partial charge in [-0.2, -0.15) is 0 Å². The fourth-order valence-corrected chi connectivity index (χ4v) is 1.87. The Labute approximate surface area is 111 Å². The van der Waals surface area contributed by atoms with Gasteiger partial charge < -0.3 is 9.88 Å². The van der Waals surface area contributed by atoms with Gasteiger partial charge in [-0.1, -0.05) is 12.1 Å². The first-order chi connectivity index (χ1) is 9.42. The first kappa shape index (κ1) is 11.5. The molecule has 0 bridgehead atoms. The number of rotatable bonds is 4. The molecule has 0 saturated heterocycles. The molecule has 3 aromatic rings. The topological polar surface area (TPSA) is 42.7 Å². The van der Waals surface area contributed by atoms with Crippen molar-refractivity contribution in [1.29, 1.82) is 0 Å². The van der Waals surface area contributed by atoms with E-state index in [0.29, 0.717) is 0 Å². The van der Waals surface area contributed by atoms with Gasteiger partial charge in [0, 0.05) is 37.0 Å². The molecule has 2 aromatic heterocycles. The number of pyridine rings is 1. The Hall–Kier alpha value is -2.62. The number of anilines is 1. The Morgan fingerprint density at radius 2 is 1.89 bits per heavy atom. The Morgan fingerprint density at radius 1 is 1.00 bits per heavy atom. The number of hydrogen-bond acceptors (Lipinski definition) is 3. The van der Waals surface area contributed by atoms with Crippen molar-refractivity contribution >= 4 is 5.69 Å². The van der Waals surface area contributed by atoms with Crippen molar-refractivity contribution < 1.29 is 0 Å². The van der Waals surface area contributed by atoms with Gasteiger partial charge in [0.15, 0.2) is 0 Å². The summed E-state index contributed by atoms with van der Waals surface area (Å²) in [7, 11) is 0. The summed E-state index contributed by atoms with van der Waals surface area (Å²) in [6.45, 7) is 0.788. The lowest BCUT2D eigenvalue weighted by molar-refractivity contribution is 1.05. The highest BCUT2D eigenvalue weighted by molar-refractivity contribution is 5.41. The maximum absolute atomic E-state index is 4.07. The fraction of sp³-hybridized carbons (Fsp3) is 0.0667. The van der Waals surface area contributed by atoms with Crippen LogP contribution in [0.25, 0.3) is 5.69 Å². The average Bonchev–Trinajstić information content (AvgIpc) is 3.01. The van der Waals surface area contributed by atoms with Gasteiger partial charge in [0.05, 0.1) is 12.0 Å². The summed E-state index contributed by atoms with van der Waals surface area (Å²) in [6.07, 6.45) is 9.09. The van der Waals surface area contributed by atoms with Gasteiger partial charge in [-0.15, -0.1) is 0 Å². The van der Waals surface area contributed by atoms with Crippen LogP contribution in [0, 0.1) is 0 Å². The van der Waals surface area contributed by atoms with Crippen molar-refractivity contribution in [3.05, 3.63) is 73.1 Å². The van der Waals surface area contributed by atoms with Crippen LogP contribution in [0.1, 0.15) is 5.56 Å². The first-order valence-electron chi connectivity index (χ1n) is 6.13. The van der Waals surface area contributed by atoms with Crippen LogP contribution in [0.4, 0.5) is 5.69 Å². The molecular formula is C15H14N4. The van der Waals surface area contributed by atoms with Gasteiger partial charge in [-0.05, 0) is 29.8 Å². The number of nitrogens with zero attached hydrogens (tertiary/aromatic N) is 3. The monoisotopic (exact) mass is 250 g/mol. The van der Waals surface area contributed by atoms with Crippen LogP contribution >= 0.6 is 0 Å². The Balaban J connectivity index is 1.67. The van der Waals surface area contributed by atoms with Gasteiger partial charge in [0.2, 0.25) is 0 Å². The van der Waals surface area contributed by atoms with Crippen molar-refractivity contribution in [2.45, 2.75) is 6.54 Å². The highest BCUT2D eigenvalue weighted by atomic mass is 15.0. The summed E-state index contributed by atoms with van der Waals surface area (Å²) in [4.78, 5) is 8.11. The minimum absolute atomic E-state index is 0.788. The molecule has 0 fully saturated rings. The zero-order valence-corrected chi connectivity index (χ0v) is 10.4. The van der Waals surface area contributed by atoms with Gasteiger partial charge in [-0.3, -0.25) is 4.98 Å². The van der Waals surface area contributed by atoms with E-state index in [1.165, 1.54) is 5.56 Å². The quantitative estimate of drug-likeness (QED) is 0.774. The van der Waals surface area contributed by atoms with Crippen LogP contribution < -0.4 is 5.32 Å². The molecule has 0 aliphatic carbocycles. The van der Waals surface area contributed by atoms with Crippen LogP contribution in [0.5, 0.6) is 0 Å². The minimum Gasteiger partial charge on any atom is -0.380 e. The average molecular weight is 250 g/mol. The molecule has 0 radical (unpaired) electrons. The molecule has 4 nitrogen and oxygen atoms in total. The van der Waals surface area contributed by atoms with Crippen molar-refractivity contribution in [3.8, 4) is 5.69 Å². The van der Waals surface area contributed by atoms with Gasteiger partial charge in [-0.25, -0.2) is 4.98 Å². The van der Waals surface area contributed by atoms with E-state index in [1.54, 1.807) is 18.7 Å². The van der Waals surface area contributed by atoms with Gasteiger partial charge in [0.1, 0.15) is 0 Å². The summed E-state index contributed by atoms with van der Waals surface area (Å²) in [5.41, 5.74) is 3.37. The van der Waals surface area contributed by atoms with Crippen LogP contribution in [0.2, 0.25) is 0 Å². The molecule has 0 aliphatic rings. The van der Waals surface area contributed by atoms with E-state index in [4.69, 9.17) is 0 Å². The molecule has 4 heteroatoms. The molecule has 0 saturated carbocycles. The maximum Gasteiger partial charge on any atom is 0.0991 e. The molecular weight excluding hydrogens is 236 g/mol. The first-order valence-corrected chi connectivity index (χ1v) is 6.13. The van der Waals surface area contributed by atoms with Crippen molar-refractivity contribution in [1.82, 2.24) is 14.5 Å². The van der Waals surface area contributed by atoms with E-state index in [-0.39, 0.29) is 0 Å². The third kappa shape index (κ3) is 2.80. The lowest BCUT2D eigenvalue weighted by Crippen LogP contribution is -2.00. The standard InChI is InChI=1S/C15H14N4/c1-2-14(11-16-7-1)18-10-13-3-5-15(6-4-13)19-9-8-17-12-19/h1-9,11-12,18H,10H2. The molecule has 94 valence electrons. The highest BCUT2D eigenvalue weighted by Crippen LogP contribution is 2.11. The molecule has 0 unspecified atom stereocenters. The van der Waals surface area contributed by atoms with Crippen LogP contribution in [0.3, 0.4) is 0 Å². The third-order valence-corrected chi connectivity index (χ3v) is 2.90. The summed E-state index contributed by atoms with van der Waals surface area (Å²) in [6, 6.07) is 12.3. The predicted octanol–water partition coefficient (Wildman–Crippen LogP) is 2.88. The second-order valence-corrected chi connectivity index (χ2v) is 4.23. The molecule has 0 amide bonds. The van der Waals surface area contributed by atoms with E-state index in [1.807, 2.05) is 29.1 Å². The lowest BCUT2D eigenvalue weighted by Gasteiger charge is -2.07. The third-order valence-electron chi connectivity index (χ3n) is 2.90. The van der Waals surface area contributed by atoms with E-state index in [0.717, 1.165) is 17.9 Å². The molecule has 0 spiro atoms. The number of nitrogens with one attached hydrogen (secondary N) is 1. The summed E-state index contributed by atoms with van der Waals surface area (Å²) in [5, 5.41) is 3.33. The number of aromatic nitrogens is 3. The molecule has 19 heavy (non-hydrogen) atoms. The van der Waals surface area contributed by atoms with Crippen molar-refractivity contribution in [2.75, 3.05) is 5.32 Å². The zero-order valence-electron chi connectivity index (χ0n) is 10.4. The SMILES string of the molecule is c1cncc(NCc2ccc(-n3ccnc3)cc2)c1. The van der Waals surface area contributed by atoms with Crippen LogP contribution in [0.15, 0.2) is 67.5 Å². The smallest absolute Gasteiger partial charge is 0.0991 e. The Morgan fingerprint density at radius 3 is 2.58 bits per heavy atom. The second kappa shape index (κ2) is 5.35. The van der Waals surface area contributed by atoms with E-state index in [9.17, 15) is 0 Å². The Kier molecular flexibility index (Phi) is 3.23. The summed E-state index contributed by atoms with van der Waals surface area (Å²) < 4.78 is 1.98. The fourth-order valence-electron chi connectivity index (χ4n) is 1.87. The molecule has 0 atom stereocenters. The normalized spacial score (nSPS) is 10.3. The molecule has 2 heterocycles. The molecule has 1 aromatic carbocycles. The zero-order chi connectivity index (χ0) is 12.9. The largest absolute Gasteiger partial charge is 0.380 e. The van der Waals surface area contributed by atoms with Crippen molar-refractivity contribution in [2.24, 2.45) is 0 Å². The molecule has 3 rings (SSSR count). The van der Waals surface area contributed by atoms with E-state index >= 15 is 0 Å². The molecule has 0 aliphatic heterocycles. The highest BCUT2D eigenvalue weighted by Gasteiger charge is 1.97. The van der Waals surface area contributed by atoms with Gasteiger partial charge >= 0.3 is 0 Å². The number of imidazole rings is 1. The van der Waals surface area contributed by atoms with Gasteiger partial charge in [0.25, 0.3) is 0 Å². The van der Waals surface area contributed by atoms with E-state index < -0.39 is 0 Å². The maximum atomic E-state index is 4.07. The summed E-state index contributed by atoms with van der Waals surface area (Å²) in [5.74, 6) is 0. The predicted molar refractivity (Wildman–Crippen MR) is 75.1 cm³/mol. The number of hydrogen-bond donors (Lipinski definition) is 1. The van der Waals surface area contributed by atoms with Crippen LogP contribution in [-0.2, 0) is 6.54 Å². The van der Waals surface area contributed by atoms with E-state index in [2.05, 4.69) is 39.6 Å². The van der Waals surface area contributed by atoms with Crippen LogP contribution in [-0.4, -0.2) is 14.5 Å². The Bertz CT molecular complexity index is 615. The second-order valence-electron chi connectivity index (χ2n) is 4.23. The minimum atomic E-state index is 0.788. The number of benzene rings is 1. The summed E-state index contributed by atoms with van der Waals surface area (Å²) >= 11 is 0. The molecule has 1 N–H and O–H groups in total. The van der Waals surface area contributed by atoms with Crippen molar-refractivity contribution in [3.63, 3.8) is 0 Å². The lowest BCUT2D eigenvalue weighted by atomic mass is 10.2.